The predicted octanol–water partition coefficient (Wildman–Crippen LogP) is 4.44. The van der Waals surface area contributed by atoms with E-state index in [1.54, 1.807) is 16.8 Å². The molecule has 0 bridgehead atoms. The van der Waals surface area contributed by atoms with Gasteiger partial charge in [-0.05, 0) is 31.0 Å². The third-order valence-corrected chi connectivity index (χ3v) is 6.53. The minimum Gasteiger partial charge on any atom is -0.381 e. The molecule has 0 saturated carbocycles. The van der Waals surface area contributed by atoms with Gasteiger partial charge in [0.15, 0.2) is 0 Å². The summed E-state index contributed by atoms with van der Waals surface area (Å²) in [5, 5.41) is 28.0. The molecule has 0 N–H and O–H groups in total. The van der Waals surface area contributed by atoms with Crippen molar-refractivity contribution in [2.24, 2.45) is 0 Å². The molecule has 4 heterocycles. The number of pyridine rings is 1. The average Bonchev–Trinajstić information content (AvgIpc) is 3.47. The summed E-state index contributed by atoms with van der Waals surface area (Å²) in [6.07, 6.45) is 9.33. The molecule has 152 valence electrons. The van der Waals surface area contributed by atoms with Crippen molar-refractivity contribution in [3.63, 3.8) is 0 Å². The smallest absolute Gasteiger partial charge is 0.103 e. The Morgan fingerprint density at radius 2 is 1.74 bits per heavy atom. The van der Waals surface area contributed by atoms with E-state index in [1.807, 2.05) is 41.3 Å². The van der Waals surface area contributed by atoms with Crippen molar-refractivity contribution in [1.29, 1.82) is 10.5 Å². The van der Waals surface area contributed by atoms with Gasteiger partial charge in [-0.15, -0.1) is 0 Å². The Bertz CT molecular complexity index is 1340. The maximum atomic E-state index is 9.56. The van der Waals surface area contributed by atoms with Crippen molar-refractivity contribution >= 4 is 17.3 Å². The Hall–Kier alpha value is -3.59. The first-order valence-corrected chi connectivity index (χ1v) is 10.8. The predicted molar refractivity (Wildman–Crippen MR) is 115 cm³/mol. The van der Waals surface area contributed by atoms with Gasteiger partial charge in [-0.1, -0.05) is 23.9 Å². The lowest BCUT2D eigenvalue weighted by molar-refractivity contribution is 0.0662. The number of benzene rings is 1. The second-order valence-corrected chi connectivity index (χ2v) is 8.40. The molecule has 5 rings (SSSR count). The monoisotopic (exact) mass is 426 g/mol. The highest BCUT2D eigenvalue weighted by molar-refractivity contribution is 7.99. The van der Waals surface area contributed by atoms with Crippen molar-refractivity contribution < 1.29 is 4.74 Å². The molecule has 0 radical (unpaired) electrons. The lowest BCUT2D eigenvalue weighted by Gasteiger charge is -2.22. The zero-order valence-electron chi connectivity index (χ0n) is 16.6. The molecule has 4 aromatic rings. The number of hydrogen-bond acceptors (Lipinski definition) is 6. The molecular weight excluding hydrogens is 408 g/mol. The van der Waals surface area contributed by atoms with Crippen molar-refractivity contribution in [1.82, 2.24) is 19.4 Å². The van der Waals surface area contributed by atoms with Crippen LogP contribution in [0.5, 0.6) is 0 Å². The van der Waals surface area contributed by atoms with Gasteiger partial charge in [0, 0.05) is 46.5 Å². The summed E-state index contributed by atoms with van der Waals surface area (Å²) >= 11 is 1.47. The fraction of sp³-hybridized carbons (Fsp3) is 0.217. The zero-order valence-corrected chi connectivity index (χ0v) is 17.4. The van der Waals surface area contributed by atoms with Crippen LogP contribution in [0.4, 0.5) is 0 Å². The van der Waals surface area contributed by atoms with E-state index in [0.29, 0.717) is 17.2 Å². The van der Waals surface area contributed by atoms with Gasteiger partial charge in [0.2, 0.25) is 0 Å². The molecule has 1 saturated heterocycles. The van der Waals surface area contributed by atoms with E-state index in [0.717, 1.165) is 52.5 Å². The summed E-state index contributed by atoms with van der Waals surface area (Å²) in [6.45, 7) is 1.52. The van der Waals surface area contributed by atoms with Crippen LogP contribution in [0.15, 0.2) is 64.9 Å². The number of ether oxygens (including phenoxy) is 1. The molecule has 7 nitrogen and oxygen atoms in total. The Morgan fingerprint density at radius 3 is 2.55 bits per heavy atom. The van der Waals surface area contributed by atoms with Crippen LogP contribution >= 0.6 is 11.8 Å². The van der Waals surface area contributed by atoms with Crippen LogP contribution in [0, 0.1) is 22.7 Å². The number of hydrogen-bond donors (Lipinski definition) is 0. The lowest BCUT2D eigenvalue weighted by atomic mass is 10.1. The Balaban J connectivity index is 1.59. The molecule has 1 fully saturated rings. The minimum absolute atomic E-state index is 0.345. The van der Waals surface area contributed by atoms with Gasteiger partial charge >= 0.3 is 0 Å². The van der Waals surface area contributed by atoms with E-state index in [9.17, 15) is 10.5 Å². The molecule has 3 aromatic heterocycles. The van der Waals surface area contributed by atoms with Crippen LogP contribution in [-0.4, -0.2) is 32.6 Å². The van der Waals surface area contributed by atoms with E-state index >= 15 is 0 Å². The van der Waals surface area contributed by atoms with E-state index in [2.05, 4.69) is 28.5 Å². The van der Waals surface area contributed by atoms with Gasteiger partial charge in [-0.25, -0.2) is 4.52 Å². The third-order valence-electron chi connectivity index (χ3n) is 5.42. The summed E-state index contributed by atoms with van der Waals surface area (Å²) < 4.78 is 9.21. The Morgan fingerprint density at radius 1 is 0.935 bits per heavy atom. The topological polar surface area (TPSA) is 91.9 Å². The fourth-order valence-electron chi connectivity index (χ4n) is 3.80. The molecule has 0 aliphatic carbocycles. The van der Waals surface area contributed by atoms with Gasteiger partial charge in [0.05, 0.1) is 35.1 Å². The fourth-order valence-corrected chi connectivity index (χ4v) is 4.90. The summed E-state index contributed by atoms with van der Waals surface area (Å²) in [4.78, 5) is 1.71. The molecule has 31 heavy (non-hydrogen) atoms. The first kappa shape index (κ1) is 19.4. The summed E-state index contributed by atoms with van der Waals surface area (Å²) in [5.41, 5.74) is 3.77. The molecule has 0 amide bonds. The van der Waals surface area contributed by atoms with Crippen molar-refractivity contribution in [2.75, 3.05) is 13.2 Å². The summed E-state index contributed by atoms with van der Waals surface area (Å²) in [6, 6.07) is 14.3. The van der Waals surface area contributed by atoms with E-state index in [-0.39, 0.29) is 0 Å². The second-order valence-electron chi connectivity index (χ2n) is 7.32. The molecule has 1 aliphatic rings. The highest BCUT2D eigenvalue weighted by atomic mass is 32.2. The van der Waals surface area contributed by atoms with E-state index in [1.165, 1.54) is 11.8 Å². The van der Waals surface area contributed by atoms with E-state index in [4.69, 9.17) is 4.74 Å². The maximum absolute atomic E-state index is 9.56. The van der Waals surface area contributed by atoms with Crippen LogP contribution in [0.2, 0.25) is 0 Å². The number of aromatic nitrogens is 4. The summed E-state index contributed by atoms with van der Waals surface area (Å²) in [7, 11) is 0. The summed E-state index contributed by atoms with van der Waals surface area (Å²) in [5.74, 6) is 0. The molecule has 1 aliphatic heterocycles. The molecule has 0 unspecified atom stereocenters. The van der Waals surface area contributed by atoms with Crippen LogP contribution in [-0.2, 0) is 4.74 Å². The zero-order chi connectivity index (χ0) is 21.2. The molecule has 1 aromatic carbocycles. The van der Waals surface area contributed by atoms with Gasteiger partial charge in [0.25, 0.3) is 0 Å². The Labute approximate surface area is 183 Å². The lowest BCUT2D eigenvalue weighted by Crippen LogP contribution is -2.19. The standard InChI is InChI=1S/C23H18N6OS/c24-10-16-3-1-2-4-21(16)31-22-9-17(14-29-23(22)18(11-25)12-27-29)19-13-26-28(15-19)20-5-7-30-8-6-20/h1-4,9,12-15,20H,5-8H2. The quantitative estimate of drug-likeness (QED) is 0.479. The largest absolute Gasteiger partial charge is 0.381 e. The molecule has 0 spiro atoms. The number of rotatable bonds is 4. The normalized spacial score (nSPS) is 14.4. The minimum atomic E-state index is 0.345. The van der Waals surface area contributed by atoms with Crippen molar-refractivity contribution in [3.05, 3.63) is 66.2 Å². The van der Waals surface area contributed by atoms with Crippen LogP contribution in [0.25, 0.3) is 16.6 Å². The van der Waals surface area contributed by atoms with Gasteiger partial charge in [-0.2, -0.15) is 20.7 Å². The van der Waals surface area contributed by atoms with Crippen LogP contribution in [0.1, 0.15) is 30.0 Å². The van der Waals surface area contributed by atoms with Crippen molar-refractivity contribution in [2.45, 2.75) is 28.7 Å². The van der Waals surface area contributed by atoms with Crippen molar-refractivity contribution in [3.8, 4) is 23.3 Å². The first-order valence-electron chi connectivity index (χ1n) is 9.97. The molecular formula is C23H18N6OS. The highest BCUT2D eigenvalue weighted by Gasteiger charge is 2.19. The highest BCUT2D eigenvalue weighted by Crippen LogP contribution is 2.37. The van der Waals surface area contributed by atoms with Crippen LogP contribution in [0.3, 0.4) is 0 Å². The average molecular weight is 427 g/mol. The van der Waals surface area contributed by atoms with Crippen LogP contribution < -0.4 is 0 Å². The number of nitriles is 2. The van der Waals surface area contributed by atoms with Gasteiger partial charge in [-0.3, -0.25) is 4.68 Å². The van der Waals surface area contributed by atoms with E-state index < -0.39 is 0 Å². The second kappa shape index (κ2) is 8.27. The first-order chi connectivity index (χ1) is 15.3. The Kier molecular flexibility index (Phi) is 5.17. The molecule has 0 atom stereocenters. The van der Waals surface area contributed by atoms with Gasteiger partial charge < -0.3 is 4.74 Å². The number of nitrogens with zero attached hydrogens (tertiary/aromatic N) is 6. The SMILES string of the molecule is N#Cc1ccccc1Sc1cc(-c2cnn(C3CCOCC3)c2)cn2ncc(C#N)c12. The third kappa shape index (κ3) is 3.68. The number of fused-ring (bicyclic) bond motifs is 1. The molecule has 8 heteroatoms. The van der Waals surface area contributed by atoms with Gasteiger partial charge in [0.1, 0.15) is 12.1 Å². The maximum Gasteiger partial charge on any atom is 0.103 e.